The van der Waals surface area contributed by atoms with Crippen LogP contribution in [0.15, 0.2) is 42.5 Å². The maximum atomic E-state index is 12.7. The predicted molar refractivity (Wildman–Crippen MR) is 161 cm³/mol. The molecule has 4 aromatic rings. The smallest absolute Gasteiger partial charge is 0.256 e. The number of aromatic amines is 2. The monoisotopic (exact) mass is 529 g/mol. The maximum Gasteiger partial charge on any atom is 0.256 e. The number of primary amides is 1. The van der Waals surface area contributed by atoms with Crippen molar-refractivity contribution in [2.75, 3.05) is 24.1 Å². The van der Waals surface area contributed by atoms with Gasteiger partial charge in [0.05, 0.1) is 11.1 Å². The van der Waals surface area contributed by atoms with Crippen molar-refractivity contribution in [2.24, 2.45) is 5.73 Å². The molecular weight excluding hydrogens is 490 g/mol. The number of aryl methyl sites for hydroxylation is 2. The number of amides is 2. The van der Waals surface area contributed by atoms with Gasteiger partial charge in [0.2, 0.25) is 5.91 Å². The lowest BCUT2D eigenvalue weighted by Gasteiger charge is -2.09. The standard InChI is InChI=1S/C22H19N5O.C4H9N.C2H5NO.C2H6/c1-11-8-12(2)24-19(11)10-16-20-14(4-3-5-18(20)25-22(16)28)13-6-7-17-15(9-13)21(23)27-26-17;1-2-4-5-3-1;1-2(3)4;1-2/h3-10,24H,1-2H3,(H,25,28)(H3,23,26,27);5H,1-4H2;1H3,(H2,3,4);1-2H3/b16-10-;;;. The lowest BCUT2D eigenvalue weighted by molar-refractivity contribution is -0.116. The van der Waals surface area contributed by atoms with Crippen molar-refractivity contribution in [1.82, 2.24) is 20.5 Å². The Morgan fingerprint density at radius 3 is 2.33 bits per heavy atom. The van der Waals surface area contributed by atoms with E-state index in [1.807, 2.05) is 70.2 Å². The summed E-state index contributed by atoms with van der Waals surface area (Å²) in [6.45, 7) is 11.8. The number of aromatic nitrogens is 3. The molecule has 6 rings (SSSR count). The number of nitrogens with two attached hydrogens (primary N) is 2. The molecule has 206 valence electrons. The molecule has 0 atom stereocenters. The van der Waals surface area contributed by atoms with E-state index in [2.05, 4.69) is 37.6 Å². The van der Waals surface area contributed by atoms with Crippen molar-refractivity contribution in [3.8, 4) is 11.1 Å². The number of H-pyrrole nitrogens is 2. The van der Waals surface area contributed by atoms with Crippen LogP contribution >= 0.6 is 0 Å². The van der Waals surface area contributed by atoms with E-state index < -0.39 is 0 Å². The lowest BCUT2D eigenvalue weighted by atomic mass is 9.93. The zero-order chi connectivity index (χ0) is 28.5. The zero-order valence-corrected chi connectivity index (χ0v) is 23.4. The molecule has 0 saturated carbocycles. The van der Waals surface area contributed by atoms with Crippen LogP contribution in [0.2, 0.25) is 0 Å². The van der Waals surface area contributed by atoms with Crippen LogP contribution in [0.4, 0.5) is 11.5 Å². The molecule has 8 N–H and O–H groups in total. The summed E-state index contributed by atoms with van der Waals surface area (Å²) in [5.74, 6) is 0.0323. The molecule has 2 aliphatic rings. The van der Waals surface area contributed by atoms with E-state index in [0.29, 0.717) is 11.4 Å². The van der Waals surface area contributed by atoms with Gasteiger partial charge in [-0.05, 0) is 86.8 Å². The number of nitrogens with one attached hydrogen (secondary N) is 4. The van der Waals surface area contributed by atoms with Crippen molar-refractivity contribution >= 4 is 45.9 Å². The summed E-state index contributed by atoms with van der Waals surface area (Å²) in [7, 11) is 0. The summed E-state index contributed by atoms with van der Waals surface area (Å²) in [6, 6.07) is 14.0. The van der Waals surface area contributed by atoms with Crippen LogP contribution < -0.4 is 22.1 Å². The Hall–Kier alpha value is -4.37. The minimum Gasteiger partial charge on any atom is -0.382 e. The van der Waals surface area contributed by atoms with Crippen molar-refractivity contribution in [3.63, 3.8) is 0 Å². The highest BCUT2D eigenvalue weighted by Gasteiger charge is 2.27. The SMILES string of the molecule is C1CCNC1.CC.CC(N)=O.Cc1cc(C)c(/C=C2\C(=O)Nc3cccc(-c4ccc5[nH]nc(N)c5c4)c32)[nH]1. The first-order valence-corrected chi connectivity index (χ1v) is 13.3. The highest BCUT2D eigenvalue weighted by molar-refractivity contribution is 6.36. The summed E-state index contributed by atoms with van der Waals surface area (Å²) in [5, 5.41) is 14.1. The van der Waals surface area contributed by atoms with Crippen LogP contribution in [-0.4, -0.2) is 40.1 Å². The summed E-state index contributed by atoms with van der Waals surface area (Å²) in [5.41, 5.74) is 18.8. The molecule has 2 aromatic carbocycles. The molecule has 2 aromatic heterocycles. The van der Waals surface area contributed by atoms with E-state index >= 15 is 0 Å². The van der Waals surface area contributed by atoms with Gasteiger partial charge < -0.3 is 27.1 Å². The second kappa shape index (κ2) is 13.4. The van der Waals surface area contributed by atoms with Gasteiger partial charge in [-0.1, -0.05) is 32.0 Å². The molecule has 0 spiro atoms. The van der Waals surface area contributed by atoms with Gasteiger partial charge in [-0.3, -0.25) is 14.7 Å². The molecule has 0 aliphatic carbocycles. The van der Waals surface area contributed by atoms with Gasteiger partial charge in [0.1, 0.15) is 0 Å². The Morgan fingerprint density at radius 1 is 1.05 bits per heavy atom. The number of fused-ring (bicyclic) bond motifs is 2. The number of hydrogen-bond donors (Lipinski definition) is 6. The molecule has 2 aliphatic heterocycles. The van der Waals surface area contributed by atoms with E-state index in [1.165, 1.54) is 32.9 Å². The zero-order valence-electron chi connectivity index (χ0n) is 23.4. The van der Waals surface area contributed by atoms with Gasteiger partial charge in [-0.2, -0.15) is 5.10 Å². The molecule has 0 unspecified atom stereocenters. The van der Waals surface area contributed by atoms with Gasteiger partial charge in [-0.25, -0.2) is 0 Å². The van der Waals surface area contributed by atoms with E-state index in [0.717, 1.165) is 50.2 Å². The lowest BCUT2D eigenvalue weighted by Crippen LogP contribution is -2.03. The number of anilines is 2. The number of rotatable bonds is 2. The molecule has 39 heavy (non-hydrogen) atoms. The number of hydrogen-bond acceptors (Lipinski definition) is 5. The van der Waals surface area contributed by atoms with Crippen LogP contribution in [0.1, 0.15) is 56.1 Å². The first-order chi connectivity index (χ1) is 18.7. The van der Waals surface area contributed by atoms with Crippen LogP contribution in [-0.2, 0) is 9.59 Å². The van der Waals surface area contributed by atoms with Crippen LogP contribution in [0.3, 0.4) is 0 Å². The third-order valence-corrected chi connectivity index (χ3v) is 6.17. The highest BCUT2D eigenvalue weighted by Crippen LogP contribution is 2.41. The molecular formula is C30H39N7O2. The summed E-state index contributed by atoms with van der Waals surface area (Å²) < 4.78 is 0. The predicted octanol–water partition coefficient (Wildman–Crippen LogP) is 5.14. The molecule has 9 nitrogen and oxygen atoms in total. The molecule has 1 saturated heterocycles. The fourth-order valence-corrected chi connectivity index (χ4v) is 4.50. The van der Waals surface area contributed by atoms with Gasteiger partial charge in [-0.15, -0.1) is 0 Å². The molecule has 1 fully saturated rings. The second-order valence-electron chi connectivity index (χ2n) is 9.23. The third kappa shape index (κ3) is 7.14. The Labute approximate surface area is 229 Å². The topological polar surface area (TPSA) is 155 Å². The molecule has 9 heteroatoms. The van der Waals surface area contributed by atoms with Gasteiger partial charge in [0.25, 0.3) is 5.91 Å². The fraction of sp³-hybridized carbons (Fsp3) is 0.300. The summed E-state index contributed by atoms with van der Waals surface area (Å²) in [4.78, 5) is 25.3. The minimum atomic E-state index is -0.333. The van der Waals surface area contributed by atoms with E-state index in [4.69, 9.17) is 5.73 Å². The third-order valence-electron chi connectivity index (χ3n) is 6.17. The van der Waals surface area contributed by atoms with Crippen molar-refractivity contribution in [1.29, 1.82) is 0 Å². The Balaban J connectivity index is 0.000000325. The number of nitrogen functional groups attached to an aromatic ring is 1. The van der Waals surface area contributed by atoms with Gasteiger partial charge in [0.15, 0.2) is 5.82 Å². The second-order valence-corrected chi connectivity index (χ2v) is 9.23. The first-order valence-electron chi connectivity index (χ1n) is 13.3. The average molecular weight is 530 g/mol. The number of benzene rings is 2. The van der Waals surface area contributed by atoms with Crippen molar-refractivity contribution in [3.05, 3.63) is 65.0 Å². The van der Waals surface area contributed by atoms with Crippen molar-refractivity contribution < 1.29 is 9.59 Å². The molecule has 2 amide bonds. The summed E-state index contributed by atoms with van der Waals surface area (Å²) >= 11 is 0. The van der Waals surface area contributed by atoms with Gasteiger partial charge in [0, 0.05) is 34.9 Å². The number of carbonyl (C=O) groups excluding carboxylic acids is 2. The van der Waals surface area contributed by atoms with Crippen molar-refractivity contribution in [2.45, 2.75) is 47.5 Å². The number of carbonyl (C=O) groups is 2. The maximum absolute atomic E-state index is 12.7. The molecule has 4 heterocycles. The Morgan fingerprint density at radius 2 is 1.74 bits per heavy atom. The van der Waals surface area contributed by atoms with Crippen LogP contribution in [0, 0.1) is 13.8 Å². The molecule has 0 radical (unpaired) electrons. The quantitative estimate of drug-likeness (QED) is 0.198. The summed E-state index contributed by atoms with van der Waals surface area (Å²) in [6.07, 6.45) is 4.71. The van der Waals surface area contributed by atoms with Crippen LogP contribution in [0.25, 0.3) is 33.7 Å². The molecule has 0 bridgehead atoms. The Kier molecular flexibility index (Phi) is 10.1. The number of nitrogens with zero attached hydrogens (tertiary/aromatic N) is 1. The minimum absolute atomic E-state index is 0.0991. The first kappa shape index (κ1) is 29.2. The highest BCUT2D eigenvalue weighted by atomic mass is 16.2. The fourth-order valence-electron chi connectivity index (χ4n) is 4.50. The van der Waals surface area contributed by atoms with Crippen LogP contribution in [0.5, 0.6) is 0 Å². The Bertz CT molecular complexity index is 1460. The average Bonchev–Trinajstić information content (AvgIpc) is 3.71. The van der Waals surface area contributed by atoms with E-state index in [9.17, 15) is 9.59 Å². The van der Waals surface area contributed by atoms with E-state index in [1.54, 1.807) is 0 Å². The van der Waals surface area contributed by atoms with E-state index in [-0.39, 0.29) is 11.8 Å². The largest absolute Gasteiger partial charge is 0.382 e. The normalized spacial score (nSPS) is 14.4. The van der Waals surface area contributed by atoms with Gasteiger partial charge >= 0.3 is 0 Å².